The number of anilines is 1. The van der Waals surface area contributed by atoms with Crippen LogP contribution in [-0.4, -0.2) is 77.2 Å². The second kappa shape index (κ2) is 11.5. The van der Waals surface area contributed by atoms with E-state index in [9.17, 15) is 32.3 Å². The van der Waals surface area contributed by atoms with Gasteiger partial charge in [0.2, 0.25) is 0 Å². The molecule has 2 aliphatic rings. The average Bonchev–Trinajstić information content (AvgIpc) is 2.90. The van der Waals surface area contributed by atoms with E-state index in [1.165, 1.54) is 24.3 Å². The van der Waals surface area contributed by atoms with Crippen molar-refractivity contribution in [2.45, 2.75) is 37.0 Å². The van der Waals surface area contributed by atoms with Crippen LogP contribution in [0.1, 0.15) is 40.7 Å². The number of carbonyl (C=O) groups is 2. The predicted octanol–water partition coefficient (Wildman–Crippen LogP) is 4.75. The van der Waals surface area contributed by atoms with Crippen molar-refractivity contribution in [1.82, 2.24) is 14.7 Å². The van der Waals surface area contributed by atoms with Crippen LogP contribution in [0.3, 0.4) is 0 Å². The fourth-order valence-electron chi connectivity index (χ4n) is 4.59. The van der Waals surface area contributed by atoms with Gasteiger partial charge in [-0.2, -0.15) is 13.2 Å². The molecule has 4 rings (SSSR count). The molecule has 1 unspecified atom stereocenters. The zero-order chi connectivity index (χ0) is 27.5. The van der Waals surface area contributed by atoms with Crippen molar-refractivity contribution in [3.63, 3.8) is 0 Å². The van der Waals surface area contributed by atoms with E-state index in [-0.39, 0.29) is 23.2 Å². The summed E-state index contributed by atoms with van der Waals surface area (Å²) in [5.41, 5.74) is 0.471. The fraction of sp³-hybridized carbons (Fsp3) is 0.462. The summed E-state index contributed by atoms with van der Waals surface area (Å²) in [4.78, 5) is 30.6. The lowest BCUT2D eigenvalue weighted by atomic mass is 10.1. The van der Waals surface area contributed by atoms with Gasteiger partial charge in [0.05, 0.1) is 5.69 Å². The van der Waals surface area contributed by atoms with Crippen LogP contribution in [0.4, 0.5) is 28.0 Å². The van der Waals surface area contributed by atoms with Crippen molar-refractivity contribution in [3.8, 4) is 0 Å². The number of benzene rings is 2. The Morgan fingerprint density at radius 2 is 1.53 bits per heavy atom. The maximum absolute atomic E-state index is 14.7. The molecule has 2 aliphatic heterocycles. The summed E-state index contributed by atoms with van der Waals surface area (Å²) in [7, 11) is 0. The number of carbonyl (C=O) groups excluding carboxylic acids is 2. The number of nitrogens with one attached hydrogen (secondary N) is 1. The Morgan fingerprint density at radius 1 is 0.895 bits per heavy atom. The summed E-state index contributed by atoms with van der Waals surface area (Å²) in [5.74, 6) is -1.01. The maximum atomic E-state index is 14.7. The van der Waals surface area contributed by atoms with Crippen molar-refractivity contribution in [2.24, 2.45) is 0 Å². The lowest BCUT2D eigenvalue weighted by Gasteiger charge is -2.35. The lowest BCUT2D eigenvalue weighted by molar-refractivity contribution is -0.228. The standard InChI is InChI=1S/C26H29ClF4N4O3/c27-25(38,26(29,30)31)20-7-4-18(5-8-20)17-33-12-14-34(15-13-33)23(36)19-6-9-22(21(28)16-19)32-24(37)35-10-2-1-3-11-35/h4-9,16,38H,1-3,10-15,17H2,(H,32,37). The van der Waals surface area contributed by atoms with Crippen LogP contribution in [0.2, 0.25) is 0 Å². The summed E-state index contributed by atoms with van der Waals surface area (Å²) in [6.07, 6.45) is -2.10. The molecule has 2 saturated heterocycles. The SMILES string of the molecule is O=C(Nc1ccc(C(=O)N2CCN(Cc3ccc(C(O)(Cl)C(F)(F)F)cc3)CC2)cc1F)N1CCCCC1. The quantitative estimate of drug-likeness (QED) is 0.412. The van der Waals surface area contributed by atoms with Gasteiger partial charge in [-0.05, 0) is 43.0 Å². The predicted molar refractivity (Wildman–Crippen MR) is 134 cm³/mol. The summed E-state index contributed by atoms with van der Waals surface area (Å²) in [5, 5.41) is 8.71. The number of nitrogens with zero attached hydrogens (tertiary/aromatic N) is 3. The second-order valence-corrected chi connectivity index (χ2v) is 10.1. The molecule has 0 radical (unpaired) electrons. The minimum Gasteiger partial charge on any atom is -0.364 e. The highest BCUT2D eigenvalue weighted by Crippen LogP contribution is 2.42. The Hall–Kier alpha value is -2.89. The van der Waals surface area contributed by atoms with Crippen LogP contribution in [0, 0.1) is 5.82 Å². The third-order valence-electron chi connectivity index (χ3n) is 6.88. The van der Waals surface area contributed by atoms with Gasteiger partial charge in [0, 0.05) is 56.9 Å². The van der Waals surface area contributed by atoms with Crippen molar-refractivity contribution < 1.29 is 32.3 Å². The first-order chi connectivity index (χ1) is 18.0. The summed E-state index contributed by atoms with van der Waals surface area (Å²) < 4.78 is 53.4. The number of likely N-dealkylation sites (tertiary alicyclic amines) is 1. The first kappa shape index (κ1) is 28.1. The Morgan fingerprint density at radius 3 is 2.11 bits per heavy atom. The molecule has 12 heteroatoms. The van der Waals surface area contributed by atoms with E-state index < -0.39 is 22.6 Å². The summed E-state index contributed by atoms with van der Waals surface area (Å²) >= 11 is 5.29. The molecule has 2 aromatic rings. The molecule has 7 nitrogen and oxygen atoms in total. The molecule has 2 N–H and O–H groups in total. The average molecular weight is 557 g/mol. The molecule has 2 heterocycles. The van der Waals surface area contributed by atoms with Crippen LogP contribution in [0.15, 0.2) is 42.5 Å². The van der Waals surface area contributed by atoms with Crippen LogP contribution in [0.25, 0.3) is 0 Å². The molecular weight excluding hydrogens is 528 g/mol. The minimum absolute atomic E-state index is 0.0239. The zero-order valence-corrected chi connectivity index (χ0v) is 21.4. The first-order valence-corrected chi connectivity index (χ1v) is 12.8. The van der Waals surface area contributed by atoms with Gasteiger partial charge in [-0.1, -0.05) is 35.9 Å². The van der Waals surface area contributed by atoms with E-state index in [2.05, 4.69) is 5.32 Å². The van der Waals surface area contributed by atoms with Crippen LogP contribution in [0.5, 0.6) is 0 Å². The smallest absolute Gasteiger partial charge is 0.364 e. The van der Waals surface area contributed by atoms with Crippen LogP contribution < -0.4 is 5.32 Å². The van der Waals surface area contributed by atoms with E-state index >= 15 is 0 Å². The monoisotopic (exact) mass is 556 g/mol. The third kappa shape index (κ3) is 6.39. The van der Waals surface area contributed by atoms with E-state index in [0.717, 1.165) is 43.0 Å². The topological polar surface area (TPSA) is 76.1 Å². The molecule has 2 aromatic carbocycles. The van der Waals surface area contributed by atoms with E-state index in [1.54, 1.807) is 9.80 Å². The number of amides is 3. The van der Waals surface area contributed by atoms with Gasteiger partial charge in [0.25, 0.3) is 11.0 Å². The Bertz CT molecular complexity index is 1150. The number of halogens is 5. The number of hydrogen-bond donors (Lipinski definition) is 2. The number of piperidine rings is 1. The normalized spacial score (nSPS) is 18.7. The highest BCUT2D eigenvalue weighted by molar-refractivity contribution is 6.23. The van der Waals surface area contributed by atoms with E-state index in [4.69, 9.17) is 11.6 Å². The van der Waals surface area contributed by atoms with Crippen LogP contribution >= 0.6 is 11.6 Å². The van der Waals surface area contributed by atoms with Crippen molar-refractivity contribution in [3.05, 3.63) is 65.0 Å². The van der Waals surface area contributed by atoms with Gasteiger partial charge < -0.3 is 20.2 Å². The van der Waals surface area contributed by atoms with E-state index in [0.29, 0.717) is 45.8 Å². The van der Waals surface area contributed by atoms with Gasteiger partial charge in [-0.25, -0.2) is 9.18 Å². The summed E-state index contributed by atoms with van der Waals surface area (Å²) in [6, 6.07) is 8.88. The molecule has 0 spiro atoms. The van der Waals surface area contributed by atoms with Crippen molar-refractivity contribution >= 4 is 29.2 Å². The number of urea groups is 1. The first-order valence-electron chi connectivity index (χ1n) is 12.4. The van der Waals surface area contributed by atoms with Gasteiger partial charge in [0.15, 0.2) is 0 Å². The minimum atomic E-state index is -5.01. The van der Waals surface area contributed by atoms with Crippen molar-refractivity contribution in [1.29, 1.82) is 0 Å². The molecule has 3 amide bonds. The van der Waals surface area contributed by atoms with Gasteiger partial charge in [-0.15, -0.1) is 0 Å². The Labute approximate surface area is 222 Å². The highest BCUT2D eigenvalue weighted by Gasteiger charge is 2.54. The second-order valence-electron chi connectivity index (χ2n) is 9.56. The number of hydrogen-bond acceptors (Lipinski definition) is 4. The number of rotatable bonds is 5. The largest absolute Gasteiger partial charge is 0.436 e. The molecule has 38 heavy (non-hydrogen) atoms. The Kier molecular flexibility index (Phi) is 8.49. The molecule has 0 saturated carbocycles. The molecular formula is C26H29ClF4N4O3. The highest BCUT2D eigenvalue weighted by atomic mass is 35.5. The molecule has 0 aliphatic carbocycles. The van der Waals surface area contributed by atoms with Gasteiger partial charge >= 0.3 is 12.2 Å². The summed E-state index contributed by atoms with van der Waals surface area (Å²) in [6.45, 7) is 3.52. The van der Waals surface area contributed by atoms with Crippen LogP contribution in [-0.2, 0) is 11.6 Å². The molecule has 0 aromatic heterocycles. The fourth-order valence-corrected chi connectivity index (χ4v) is 4.71. The van der Waals surface area contributed by atoms with Crippen molar-refractivity contribution in [2.75, 3.05) is 44.6 Å². The number of aliphatic hydroxyl groups is 1. The molecule has 1 atom stereocenters. The van der Waals surface area contributed by atoms with Gasteiger partial charge in [-0.3, -0.25) is 9.69 Å². The molecule has 206 valence electrons. The molecule has 2 fully saturated rings. The lowest BCUT2D eigenvalue weighted by Crippen LogP contribution is -2.48. The van der Waals surface area contributed by atoms with Gasteiger partial charge in [0.1, 0.15) is 5.82 Å². The number of piperazine rings is 1. The third-order valence-corrected chi connectivity index (χ3v) is 7.31. The zero-order valence-electron chi connectivity index (χ0n) is 20.6. The molecule has 0 bridgehead atoms. The van der Waals surface area contributed by atoms with E-state index in [1.807, 2.05) is 4.90 Å². The Balaban J connectivity index is 1.29. The maximum Gasteiger partial charge on any atom is 0.436 e. The number of alkyl halides is 4.